The van der Waals surface area contributed by atoms with Crippen molar-refractivity contribution >= 4 is 17.5 Å². The molecule has 2 aromatic carbocycles. The largest absolute Gasteiger partial charge is 0.496 e. The molecule has 8 heteroatoms. The number of carbonyl (C=O) groups is 2. The van der Waals surface area contributed by atoms with E-state index in [1.165, 1.54) is 24.0 Å². The van der Waals surface area contributed by atoms with Crippen LogP contribution in [0.4, 0.5) is 5.69 Å². The number of nitrogens with zero attached hydrogens (tertiary/aromatic N) is 3. The highest BCUT2D eigenvalue weighted by Crippen LogP contribution is 2.39. The van der Waals surface area contributed by atoms with Crippen molar-refractivity contribution < 1.29 is 19.4 Å². The molecule has 3 aliphatic rings. The second-order valence-electron chi connectivity index (χ2n) is 13.2. The number of hydrogen-bond acceptors (Lipinski definition) is 5. The lowest BCUT2D eigenvalue weighted by molar-refractivity contribution is -0.125. The van der Waals surface area contributed by atoms with Crippen molar-refractivity contribution in [3.8, 4) is 16.9 Å². The van der Waals surface area contributed by atoms with Gasteiger partial charge < -0.3 is 20.1 Å². The Labute approximate surface area is 260 Å². The van der Waals surface area contributed by atoms with E-state index in [1.807, 2.05) is 6.20 Å². The van der Waals surface area contributed by atoms with Gasteiger partial charge in [-0.3, -0.25) is 14.3 Å². The normalized spacial score (nSPS) is 23.6. The van der Waals surface area contributed by atoms with Crippen molar-refractivity contribution in [2.75, 3.05) is 25.2 Å². The summed E-state index contributed by atoms with van der Waals surface area (Å²) in [6, 6.07) is 15.5. The molecule has 6 rings (SSSR count). The molecule has 0 atom stereocenters. The van der Waals surface area contributed by atoms with E-state index in [4.69, 9.17) is 9.84 Å². The van der Waals surface area contributed by atoms with Crippen molar-refractivity contribution in [1.82, 2.24) is 15.1 Å². The molecule has 0 aliphatic heterocycles. The Hall–Kier alpha value is -3.65. The van der Waals surface area contributed by atoms with Gasteiger partial charge in [-0.2, -0.15) is 5.10 Å². The van der Waals surface area contributed by atoms with Crippen molar-refractivity contribution in [1.29, 1.82) is 0 Å². The maximum atomic E-state index is 14.3. The van der Waals surface area contributed by atoms with Gasteiger partial charge in [-0.1, -0.05) is 24.3 Å². The minimum atomic E-state index is -0.497. The SMILES string of the molecule is COc1ccc(C2CCC(CN(C(=O)C3CCC(NC(=O)CO)CC3)c3cccc(-c4cnn(C5CC5)c4)c3)CC2)cc1C. The predicted octanol–water partition coefficient (Wildman–Crippen LogP) is 6.18. The Morgan fingerprint density at radius 2 is 1.75 bits per heavy atom. The number of carbonyl (C=O) groups excluding carboxylic acids is 2. The summed E-state index contributed by atoms with van der Waals surface area (Å²) in [5.41, 5.74) is 5.69. The van der Waals surface area contributed by atoms with Crippen molar-refractivity contribution in [3.05, 3.63) is 66.0 Å². The van der Waals surface area contributed by atoms with Gasteiger partial charge in [-0.15, -0.1) is 0 Å². The second-order valence-corrected chi connectivity index (χ2v) is 13.2. The Balaban J connectivity index is 1.17. The van der Waals surface area contributed by atoms with E-state index in [9.17, 15) is 9.59 Å². The van der Waals surface area contributed by atoms with Gasteiger partial charge in [0, 0.05) is 36.0 Å². The molecule has 3 aliphatic carbocycles. The Morgan fingerprint density at radius 1 is 0.977 bits per heavy atom. The molecule has 0 bridgehead atoms. The molecule has 2 amide bonds. The number of amides is 2. The van der Waals surface area contributed by atoms with Crippen LogP contribution in [0.2, 0.25) is 0 Å². The van der Waals surface area contributed by atoms with Crippen LogP contribution in [0.25, 0.3) is 11.1 Å². The summed E-state index contributed by atoms with van der Waals surface area (Å²) in [6.07, 6.45) is 13.9. The summed E-state index contributed by atoms with van der Waals surface area (Å²) in [5, 5.41) is 16.6. The van der Waals surface area contributed by atoms with E-state index in [0.29, 0.717) is 17.9 Å². The number of anilines is 1. The molecule has 0 saturated heterocycles. The van der Waals surface area contributed by atoms with Crippen molar-refractivity contribution in [3.63, 3.8) is 0 Å². The quantitative estimate of drug-likeness (QED) is 0.291. The standard InChI is InChI=1S/C36H46N4O4/c1-24-18-29(12-17-34(24)44-2)26-8-6-25(7-9-26)21-39(36(43)27-10-13-31(14-11-27)38-35(42)23-41)33-5-3-4-28(19-33)30-20-37-40(22-30)32-15-16-32/h3-5,12,17-20,22,25-27,31-32,41H,6-11,13-16,21,23H2,1-2H3,(H,38,42). The van der Waals surface area contributed by atoms with Crippen LogP contribution in [0.3, 0.4) is 0 Å². The van der Waals surface area contributed by atoms with Crippen molar-refractivity contribution in [2.24, 2.45) is 11.8 Å². The van der Waals surface area contributed by atoms with E-state index < -0.39 is 6.61 Å². The van der Waals surface area contributed by atoms with E-state index >= 15 is 0 Å². The number of aromatic nitrogens is 2. The zero-order valence-corrected chi connectivity index (χ0v) is 26.1. The Kier molecular flexibility index (Phi) is 9.36. The number of aliphatic hydroxyl groups is 1. The van der Waals surface area contributed by atoms with Crippen LogP contribution < -0.4 is 15.0 Å². The fourth-order valence-corrected chi connectivity index (χ4v) is 7.27. The molecular formula is C36H46N4O4. The molecule has 3 aromatic rings. The first-order valence-corrected chi connectivity index (χ1v) is 16.4. The highest BCUT2D eigenvalue weighted by Gasteiger charge is 2.33. The lowest BCUT2D eigenvalue weighted by Gasteiger charge is -2.36. The van der Waals surface area contributed by atoms with Crippen LogP contribution in [-0.2, 0) is 9.59 Å². The number of nitrogens with one attached hydrogen (secondary N) is 1. The smallest absolute Gasteiger partial charge is 0.245 e. The van der Waals surface area contributed by atoms with Crippen LogP contribution >= 0.6 is 0 Å². The number of aliphatic hydroxyl groups excluding tert-OH is 1. The lowest BCUT2D eigenvalue weighted by atomic mass is 9.78. The number of rotatable bonds is 10. The molecule has 1 aromatic heterocycles. The summed E-state index contributed by atoms with van der Waals surface area (Å²) in [6.45, 7) is 2.33. The molecule has 3 fully saturated rings. The molecule has 0 spiro atoms. The molecule has 8 nitrogen and oxygen atoms in total. The summed E-state index contributed by atoms with van der Waals surface area (Å²) in [5.74, 6) is 1.69. The van der Waals surface area contributed by atoms with Crippen LogP contribution in [0.1, 0.15) is 87.3 Å². The number of hydrogen-bond donors (Lipinski definition) is 2. The monoisotopic (exact) mass is 598 g/mol. The van der Waals surface area contributed by atoms with Crippen LogP contribution in [0, 0.1) is 18.8 Å². The third-order valence-corrected chi connectivity index (χ3v) is 10.0. The fraction of sp³-hybridized carbons (Fsp3) is 0.528. The lowest BCUT2D eigenvalue weighted by Crippen LogP contribution is -2.44. The van der Waals surface area contributed by atoms with Gasteiger partial charge in [0.05, 0.1) is 19.3 Å². The zero-order chi connectivity index (χ0) is 30.6. The van der Waals surface area contributed by atoms with Gasteiger partial charge in [0.2, 0.25) is 11.8 Å². The number of benzene rings is 2. The fourth-order valence-electron chi connectivity index (χ4n) is 7.27. The highest BCUT2D eigenvalue weighted by molar-refractivity contribution is 5.95. The maximum absolute atomic E-state index is 14.3. The minimum absolute atomic E-state index is 0.0235. The Morgan fingerprint density at radius 3 is 2.43 bits per heavy atom. The topological polar surface area (TPSA) is 96.7 Å². The van der Waals surface area contributed by atoms with Crippen LogP contribution in [0.5, 0.6) is 5.75 Å². The summed E-state index contributed by atoms with van der Waals surface area (Å²) < 4.78 is 7.54. The van der Waals surface area contributed by atoms with Gasteiger partial charge in [0.15, 0.2) is 0 Å². The van der Waals surface area contributed by atoms with E-state index in [1.54, 1.807) is 7.11 Å². The van der Waals surface area contributed by atoms with Gasteiger partial charge in [0.25, 0.3) is 0 Å². The first kappa shape index (κ1) is 30.4. The van der Waals surface area contributed by atoms with Crippen LogP contribution in [-0.4, -0.2) is 53.0 Å². The predicted molar refractivity (Wildman–Crippen MR) is 172 cm³/mol. The molecule has 3 saturated carbocycles. The van der Waals surface area contributed by atoms with Crippen LogP contribution in [0.15, 0.2) is 54.9 Å². The summed E-state index contributed by atoms with van der Waals surface area (Å²) in [4.78, 5) is 28.0. The molecule has 0 unspecified atom stereocenters. The first-order chi connectivity index (χ1) is 21.4. The zero-order valence-electron chi connectivity index (χ0n) is 26.1. The molecule has 2 N–H and O–H groups in total. The van der Waals surface area contributed by atoms with Crippen molar-refractivity contribution in [2.45, 2.75) is 89.1 Å². The number of aryl methyl sites for hydroxylation is 1. The third kappa shape index (κ3) is 7.01. The van der Waals surface area contributed by atoms with E-state index in [0.717, 1.165) is 80.5 Å². The maximum Gasteiger partial charge on any atom is 0.245 e. The Bertz CT molecular complexity index is 1450. The molecule has 234 valence electrons. The van der Waals surface area contributed by atoms with E-state index in [-0.39, 0.29) is 23.8 Å². The third-order valence-electron chi connectivity index (χ3n) is 10.0. The molecule has 44 heavy (non-hydrogen) atoms. The minimum Gasteiger partial charge on any atom is -0.496 e. The first-order valence-electron chi connectivity index (χ1n) is 16.4. The molecule has 1 heterocycles. The average molecular weight is 599 g/mol. The molecule has 0 radical (unpaired) electrons. The second kappa shape index (κ2) is 13.6. The van der Waals surface area contributed by atoms with E-state index in [2.05, 4.69) is 75.6 Å². The highest BCUT2D eigenvalue weighted by atomic mass is 16.5. The van der Waals surface area contributed by atoms with Gasteiger partial charge in [-0.05, 0) is 118 Å². The van der Waals surface area contributed by atoms with Gasteiger partial charge >= 0.3 is 0 Å². The number of methoxy groups -OCH3 is 1. The summed E-state index contributed by atoms with van der Waals surface area (Å²) >= 11 is 0. The molecular weight excluding hydrogens is 552 g/mol. The number of ether oxygens (including phenoxy) is 1. The van der Waals surface area contributed by atoms with Gasteiger partial charge in [-0.25, -0.2) is 0 Å². The average Bonchev–Trinajstić information content (AvgIpc) is 3.79. The summed E-state index contributed by atoms with van der Waals surface area (Å²) in [7, 11) is 1.72. The van der Waals surface area contributed by atoms with Gasteiger partial charge in [0.1, 0.15) is 12.4 Å².